The van der Waals surface area contributed by atoms with Crippen LogP contribution in [-0.2, 0) is 17.8 Å². The Kier molecular flexibility index (Phi) is 7.34. The van der Waals surface area contributed by atoms with Crippen molar-refractivity contribution in [3.8, 4) is 5.75 Å². The fourth-order valence-corrected chi connectivity index (χ4v) is 3.38. The highest BCUT2D eigenvalue weighted by molar-refractivity contribution is 5.94. The van der Waals surface area contributed by atoms with Crippen LogP contribution in [-0.4, -0.2) is 24.3 Å². The number of hydrogen-bond donors (Lipinski definition) is 2. The molecular formula is C24H21F3N2O4. The van der Waals surface area contributed by atoms with Crippen LogP contribution in [0.3, 0.4) is 0 Å². The summed E-state index contributed by atoms with van der Waals surface area (Å²) in [5.74, 6) is -3.21. The van der Waals surface area contributed by atoms with E-state index in [-0.39, 0.29) is 57.8 Å². The highest BCUT2D eigenvalue weighted by Crippen LogP contribution is 2.36. The van der Waals surface area contributed by atoms with Gasteiger partial charge in [0.2, 0.25) is 0 Å². The zero-order valence-corrected chi connectivity index (χ0v) is 17.7. The number of nitrogens with zero attached hydrogens (tertiary/aromatic N) is 1. The van der Waals surface area contributed by atoms with Gasteiger partial charge in [0.1, 0.15) is 29.6 Å². The largest absolute Gasteiger partial charge is 0.488 e. The predicted molar refractivity (Wildman–Crippen MR) is 119 cm³/mol. The molecule has 6 nitrogen and oxygen atoms in total. The van der Waals surface area contributed by atoms with E-state index in [1.165, 1.54) is 30.5 Å². The lowest BCUT2D eigenvalue weighted by atomic mass is 9.98. The maximum absolute atomic E-state index is 15.2. The van der Waals surface area contributed by atoms with Gasteiger partial charge < -0.3 is 20.0 Å². The lowest BCUT2D eigenvalue weighted by Crippen LogP contribution is -2.07. The molecule has 0 bridgehead atoms. The highest BCUT2D eigenvalue weighted by Gasteiger charge is 2.21. The summed E-state index contributed by atoms with van der Waals surface area (Å²) in [6, 6.07) is 6.16. The topological polar surface area (TPSA) is 98.1 Å². The quantitative estimate of drug-likeness (QED) is 0.341. The van der Waals surface area contributed by atoms with E-state index < -0.39 is 29.9 Å². The number of allylic oxidation sites excluding steroid dienone is 3. The van der Waals surface area contributed by atoms with Gasteiger partial charge in [-0.05, 0) is 31.8 Å². The first-order valence-corrected chi connectivity index (χ1v) is 9.84. The van der Waals surface area contributed by atoms with Crippen molar-refractivity contribution >= 4 is 29.2 Å². The standard InChI is InChI=1S/C24H21F3N2O4/c1-3-16(23(27)19(11-28)29-2)18-8-14(22(26)17-6-7-32-24(17)18)12-33-20-10-15(25)5-4-13(20)9-21(30)31/h3-8,10H,2,9,11-12,28H2,1H3,(H,30,31)/b16-3-,23-19+. The van der Waals surface area contributed by atoms with Crippen molar-refractivity contribution in [3.63, 3.8) is 0 Å². The number of carbonyl (C=O) groups is 1. The number of carboxylic acid groups (broad SMARTS) is 1. The summed E-state index contributed by atoms with van der Waals surface area (Å²) in [5.41, 5.74) is 6.12. The maximum atomic E-state index is 15.2. The van der Waals surface area contributed by atoms with Crippen LogP contribution in [0.2, 0.25) is 0 Å². The second kappa shape index (κ2) is 10.2. The van der Waals surface area contributed by atoms with Crippen molar-refractivity contribution in [2.75, 3.05) is 6.54 Å². The third kappa shape index (κ3) is 4.98. The summed E-state index contributed by atoms with van der Waals surface area (Å²) in [6.45, 7) is 4.33. The van der Waals surface area contributed by atoms with Gasteiger partial charge in [-0.25, -0.2) is 13.2 Å². The number of aliphatic imine (C=N–C) groups is 1. The van der Waals surface area contributed by atoms with Crippen LogP contribution in [0, 0.1) is 11.6 Å². The molecule has 3 N–H and O–H groups in total. The van der Waals surface area contributed by atoms with E-state index in [1.54, 1.807) is 6.92 Å². The van der Waals surface area contributed by atoms with Gasteiger partial charge in [-0.2, -0.15) is 0 Å². The average molecular weight is 458 g/mol. The lowest BCUT2D eigenvalue weighted by molar-refractivity contribution is -0.136. The van der Waals surface area contributed by atoms with Gasteiger partial charge in [0.15, 0.2) is 5.83 Å². The van der Waals surface area contributed by atoms with Crippen molar-refractivity contribution < 1.29 is 32.2 Å². The molecule has 0 aliphatic carbocycles. The Morgan fingerprint density at radius 3 is 2.67 bits per heavy atom. The van der Waals surface area contributed by atoms with E-state index in [0.29, 0.717) is 0 Å². The second-order valence-electron chi connectivity index (χ2n) is 7.00. The van der Waals surface area contributed by atoms with Gasteiger partial charge in [-0.1, -0.05) is 12.1 Å². The molecule has 0 spiro atoms. The van der Waals surface area contributed by atoms with Crippen molar-refractivity contribution in [2.45, 2.75) is 20.0 Å². The number of carboxylic acids is 1. The Morgan fingerprint density at radius 1 is 1.27 bits per heavy atom. The van der Waals surface area contributed by atoms with Crippen LogP contribution in [0.1, 0.15) is 23.6 Å². The van der Waals surface area contributed by atoms with Crippen molar-refractivity contribution in [3.05, 3.63) is 82.5 Å². The Morgan fingerprint density at radius 2 is 2.03 bits per heavy atom. The van der Waals surface area contributed by atoms with Gasteiger partial charge in [-0.3, -0.25) is 9.79 Å². The number of hydrogen-bond acceptors (Lipinski definition) is 5. The van der Waals surface area contributed by atoms with Crippen LogP contribution in [0.25, 0.3) is 16.5 Å². The first-order chi connectivity index (χ1) is 15.8. The van der Waals surface area contributed by atoms with Crippen LogP contribution < -0.4 is 10.5 Å². The molecule has 0 radical (unpaired) electrons. The number of benzene rings is 2. The zero-order valence-electron chi connectivity index (χ0n) is 17.7. The van der Waals surface area contributed by atoms with Crippen LogP contribution in [0.5, 0.6) is 5.75 Å². The van der Waals surface area contributed by atoms with Gasteiger partial charge in [-0.15, -0.1) is 0 Å². The number of rotatable bonds is 9. The van der Waals surface area contributed by atoms with E-state index in [4.69, 9.17) is 20.0 Å². The average Bonchev–Trinajstić information content (AvgIpc) is 3.27. The summed E-state index contributed by atoms with van der Waals surface area (Å²) in [7, 11) is 0. The minimum absolute atomic E-state index is 0.0254. The van der Waals surface area contributed by atoms with E-state index in [1.807, 2.05) is 0 Å². The fraction of sp³-hybridized carbons (Fsp3) is 0.167. The van der Waals surface area contributed by atoms with Crippen molar-refractivity contribution in [1.29, 1.82) is 0 Å². The molecule has 172 valence electrons. The minimum Gasteiger partial charge on any atom is -0.488 e. The molecule has 3 aromatic rings. The van der Waals surface area contributed by atoms with Gasteiger partial charge >= 0.3 is 5.97 Å². The molecule has 0 unspecified atom stereocenters. The van der Waals surface area contributed by atoms with E-state index in [0.717, 1.165) is 12.1 Å². The van der Waals surface area contributed by atoms with Gasteiger partial charge in [0, 0.05) is 34.9 Å². The Bertz CT molecular complexity index is 1280. The van der Waals surface area contributed by atoms with Crippen molar-refractivity contribution in [2.24, 2.45) is 10.7 Å². The summed E-state index contributed by atoms with van der Waals surface area (Å²) < 4.78 is 54.9. The van der Waals surface area contributed by atoms with Crippen LogP contribution >= 0.6 is 0 Å². The normalized spacial score (nSPS) is 12.6. The third-order valence-electron chi connectivity index (χ3n) is 4.95. The molecule has 33 heavy (non-hydrogen) atoms. The molecule has 1 heterocycles. The molecule has 2 aromatic carbocycles. The number of fused-ring (bicyclic) bond motifs is 1. The Hall–Kier alpha value is -3.85. The molecule has 1 aromatic heterocycles. The molecular weight excluding hydrogens is 437 g/mol. The molecule has 0 atom stereocenters. The van der Waals surface area contributed by atoms with E-state index in [2.05, 4.69) is 11.7 Å². The van der Waals surface area contributed by atoms with Crippen LogP contribution in [0.15, 0.2) is 63.6 Å². The minimum atomic E-state index is -1.13. The molecule has 0 aliphatic heterocycles. The molecule has 3 rings (SSSR count). The fourth-order valence-electron chi connectivity index (χ4n) is 3.38. The predicted octanol–water partition coefficient (Wildman–Crippen LogP) is 5.16. The number of furan rings is 1. The summed E-state index contributed by atoms with van der Waals surface area (Å²) in [4.78, 5) is 14.7. The third-order valence-corrected chi connectivity index (χ3v) is 4.95. The number of aliphatic carboxylic acids is 1. The second-order valence-corrected chi connectivity index (χ2v) is 7.00. The number of ether oxygens (including phenoxy) is 1. The molecule has 9 heteroatoms. The number of halogens is 3. The maximum Gasteiger partial charge on any atom is 0.307 e. The monoisotopic (exact) mass is 458 g/mol. The van der Waals surface area contributed by atoms with Gasteiger partial charge in [0.25, 0.3) is 0 Å². The van der Waals surface area contributed by atoms with Gasteiger partial charge in [0.05, 0.1) is 23.8 Å². The summed E-state index contributed by atoms with van der Waals surface area (Å²) in [5, 5.41) is 9.15. The summed E-state index contributed by atoms with van der Waals surface area (Å²) >= 11 is 0. The molecule has 0 aliphatic rings. The first-order valence-electron chi connectivity index (χ1n) is 9.84. The van der Waals surface area contributed by atoms with E-state index in [9.17, 15) is 9.18 Å². The highest BCUT2D eigenvalue weighted by atomic mass is 19.1. The molecule has 0 saturated heterocycles. The van der Waals surface area contributed by atoms with Crippen LogP contribution in [0.4, 0.5) is 13.2 Å². The smallest absolute Gasteiger partial charge is 0.307 e. The van der Waals surface area contributed by atoms with E-state index >= 15 is 8.78 Å². The van der Waals surface area contributed by atoms with Crippen molar-refractivity contribution in [1.82, 2.24) is 0 Å². The molecule has 0 fully saturated rings. The summed E-state index contributed by atoms with van der Waals surface area (Å²) in [6.07, 6.45) is 2.33. The number of nitrogens with two attached hydrogens (primary N) is 1. The first kappa shape index (κ1) is 23.8. The Balaban J connectivity index is 2.07. The SMILES string of the molecule is C=N/C(CN)=C(F)\C(=C/C)c1cc(COc2cc(F)ccc2CC(=O)O)c(F)c2ccoc12. The molecule has 0 amide bonds. The zero-order chi connectivity index (χ0) is 24.1. The Labute approximate surface area is 187 Å². The lowest BCUT2D eigenvalue weighted by Gasteiger charge is -2.14. The molecule has 0 saturated carbocycles.